The molecular formula is C10H8BrF2NO. The number of halogens is 3. The SMILES string of the molecule is O=C1CC(c2ccc(F)c(Br)c2F)CN1. The van der Waals surface area contributed by atoms with Gasteiger partial charge in [0, 0.05) is 18.9 Å². The molecule has 1 N–H and O–H groups in total. The lowest BCUT2D eigenvalue weighted by Gasteiger charge is -2.10. The Morgan fingerprint density at radius 1 is 1.40 bits per heavy atom. The van der Waals surface area contributed by atoms with E-state index in [4.69, 9.17) is 0 Å². The van der Waals surface area contributed by atoms with Crippen LogP contribution in [0.15, 0.2) is 16.6 Å². The van der Waals surface area contributed by atoms with Crippen LogP contribution in [-0.4, -0.2) is 12.5 Å². The van der Waals surface area contributed by atoms with Gasteiger partial charge in [-0.1, -0.05) is 6.07 Å². The van der Waals surface area contributed by atoms with E-state index in [0.717, 1.165) is 0 Å². The van der Waals surface area contributed by atoms with Gasteiger partial charge < -0.3 is 5.32 Å². The summed E-state index contributed by atoms with van der Waals surface area (Å²) >= 11 is 2.84. The monoisotopic (exact) mass is 275 g/mol. The van der Waals surface area contributed by atoms with Gasteiger partial charge in [0.2, 0.25) is 5.91 Å². The van der Waals surface area contributed by atoms with Crippen LogP contribution in [0.5, 0.6) is 0 Å². The number of carbonyl (C=O) groups is 1. The van der Waals surface area contributed by atoms with Crippen molar-refractivity contribution in [3.05, 3.63) is 33.8 Å². The predicted octanol–water partition coefficient (Wildman–Crippen LogP) is 2.33. The molecule has 1 aromatic rings. The van der Waals surface area contributed by atoms with Gasteiger partial charge in [-0.05, 0) is 27.6 Å². The molecule has 1 aliphatic rings. The molecule has 1 fully saturated rings. The molecule has 2 rings (SSSR count). The molecule has 1 heterocycles. The number of hydrogen-bond donors (Lipinski definition) is 1. The van der Waals surface area contributed by atoms with Crippen molar-refractivity contribution in [3.63, 3.8) is 0 Å². The third kappa shape index (κ3) is 1.88. The smallest absolute Gasteiger partial charge is 0.220 e. The summed E-state index contributed by atoms with van der Waals surface area (Å²) in [5, 5.41) is 2.61. The lowest BCUT2D eigenvalue weighted by molar-refractivity contribution is -0.119. The van der Waals surface area contributed by atoms with Crippen LogP contribution < -0.4 is 5.32 Å². The van der Waals surface area contributed by atoms with E-state index < -0.39 is 11.6 Å². The van der Waals surface area contributed by atoms with E-state index in [1.807, 2.05) is 0 Å². The van der Waals surface area contributed by atoms with Crippen molar-refractivity contribution in [1.82, 2.24) is 5.32 Å². The maximum atomic E-state index is 13.6. The molecule has 2 nitrogen and oxygen atoms in total. The Hall–Kier alpha value is -0.970. The fourth-order valence-corrected chi connectivity index (χ4v) is 2.04. The Bertz CT molecular complexity index is 422. The molecule has 1 aliphatic heterocycles. The normalized spacial score (nSPS) is 20.5. The number of hydrogen-bond acceptors (Lipinski definition) is 1. The Morgan fingerprint density at radius 3 is 2.73 bits per heavy atom. The fourth-order valence-electron chi connectivity index (χ4n) is 1.68. The minimum absolute atomic E-state index is 0.0974. The summed E-state index contributed by atoms with van der Waals surface area (Å²) in [5.41, 5.74) is 0.377. The molecular weight excluding hydrogens is 268 g/mol. The Kier molecular flexibility index (Phi) is 2.73. The van der Waals surface area contributed by atoms with Crippen LogP contribution in [0, 0.1) is 11.6 Å². The van der Waals surface area contributed by atoms with Crippen molar-refractivity contribution >= 4 is 21.8 Å². The van der Waals surface area contributed by atoms with Crippen molar-refractivity contribution in [2.45, 2.75) is 12.3 Å². The summed E-state index contributed by atoms with van der Waals surface area (Å²) in [6.45, 7) is 0.411. The number of amides is 1. The minimum atomic E-state index is -0.631. The van der Waals surface area contributed by atoms with Crippen LogP contribution in [0.4, 0.5) is 8.78 Å². The van der Waals surface area contributed by atoms with Gasteiger partial charge >= 0.3 is 0 Å². The quantitative estimate of drug-likeness (QED) is 0.784. The topological polar surface area (TPSA) is 29.1 Å². The van der Waals surface area contributed by atoms with Crippen LogP contribution in [0.3, 0.4) is 0 Å². The van der Waals surface area contributed by atoms with Gasteiger partial charge in [0.25, 0.3) is 0 Å². The lowest BCUT2D eigenvalue weighted by atomic mass is 9.98. The molecule has 1 saturated heterocycles. The van der Waals surface area contributed by atoms with Crippen LogP contribution in [0.25, 0.3) is 0 Å². The largest absolute Gasteiger partial charge is 0.355 e. The highest BCUT2D eigenvalue weighted by atomic mass is 79.9. The zero-order chi connectivity index (χ0) is 11.0. The molecule has 1 aromatic carbocycles. The van der Waals surface area contributed by atoms with Crippen LogP contribution in [0.2, 0.25) is 0 Å². The number of benzene rings is 1. The average Bonchev–Trinajstić information content (AvgIpc) is 2.61. The summed E-state index contributed by atoms with van der Waals surface area (Å²) in [7, 11) is 0. The van der Waals surface area contributed by atoms with E-state index in [-0.39, 0.29) is 22.7 Å². The summed E-state index contributed by atoms with van der Waals surface area (Å²) in [5.74, 6) is -1.54. The van der Waals surface area contributed by atoms with Crippen molar-refractivity contribution in [2.24, 2.45) is 0 Å². The van der Waals surface area contributed by atoms with E-state index in [1.54, 1.807) is 0 Å². The minimum Gasteiger partial charge on any atom is -0.355 e. The van der Waals surface area contributed by atoms with E-state index in [0.29, 0.717) is 12.1 Å². The molecule has 0 saturated carbocycles. The van der Waals surface area contributed by atoms with Crippen LogP contribution in [-0.2, 0) is 4.79 Å². The fraction of sp³-hybridized carbons (Fsp3) is 0.300. The highest BCUT2D eigenvalue weighted by molar-refractivity contribution is 9.10. The molecule has 15 heavy (non-hydrogen) atoms. The van der Waals surface area contributed by atoms with Crippen molar-refractivity contribution < 1.29 is 13.6 Å². The van der Waals surface area contributed by atoms with Crippen molar-refractivity contribution in [2.75, 3.05) is 6.54 Å². The van der Waals surface area contributed by atoms with Gasteiger partial charge in [-0.3, -0.25) is 4.79 Å². The number of nitrogens with one attached hydrogen (secondary N) is 1. The molecule has 80 valence electrons. The van der Waals surface area contributed by atoms with Crippen molar-refractivity contribution in [1.29, 1.82) is 0 Å². The molecule has 0 aromatic heterocycles. The van der Waals surface area contributed by atoms with E-state index in [1.165, 1.54) is 12.1 Å². The maximum absolute atomic E-state index is 13.6. The van der Waals surface area contributed by atoms with Gasteiger partial charge in [-0.2, -0.15) is 0 Å². The number of carbonyl (C=O) groups excluding carboxylic acids is 1. The average molecular weight is 276 g/mol. The first kappa shape index (κ1) is 10.5. The van der Waals surface area contributed by atoms with Gasteiger partial charge in [0.05, 0.1) is 4.47 Å². The summed E-state index contributed by atoms with van der Waals surface area (Å²) in [6.07, 6.45) is 0.259. The van der Waals surface area contributed by atoms with Crippen molar-refractivity contribution in [3.8, 4) is 0 Å². The standard InChI is InChI=1S/C10H8BrF2NO/c11-9-7(12)2-1-6(10(9)13)5-3-8(15)14-4-5/h1-2,5H,3-4H2,(H,14,15). The Morgan fingerprint density at radius 2 is 2.13 bits per heavy atom. The molecule has 0 radical (unpaired) electrons. The summed E-state index contributed by atoms with van der Waals surface area (Å²) in [6, 6.07) is 2.59. The second-order valence-corrected chi connectivity index (χ2v) is 4.26. The zero-order valence-electron chi connectivity index (χ0n) is 7.69. The van der Waals surface area contributed by atoms with Crippen LogP contribution >= 0.6 is 15.9 Å². The molecule has 1 atom stereocenters. The zero-order valence-corrected chi connectivity index (χ0v) is 9.27. The first-order valence-corrected chi connectivity index (χ1v) is 5.29. The highest BCUT2D eigenvalue weighted by Gasteiger charge is 2.26. The maximum Gasteiger partial charge on any atom is 0.220 e. The summed E-state index contributed by atoms with van der Waals surface area (Å²) < 4.78 is 26.4. The number of rotatable bonds is 1. The van der Waals surface area contributed by atoms with E-state index in [2.05, 4.69) is 21.2 Å². The molecule has 5 heteroatoms. The third-order valence-electron chi connectivity index (χ3n) is 2.48. The molecule has 1 unspecified atom stereocenters. The highest BCUT2D eigenvalue weighted by Crippen LogP contribution is 2.30. The van der Waals surface area contributed by atoms with E-state index >= 15 is 0 Å². The second-order valence-electron chi connectivity index (χ2n) is 3.47. The second kappa shape index (κ2) is 3.89. The Balaban J connectivity index is 2.37. The first-order chi connectivity index (χ1) is 7.09. The lowest BCUT2D eigenvalue weighted by Crippen LogP contribution is -2.13. The summed E-state index contributed by atoms with van der Waals surface area (Å²) in [4.78, 5) is 11.0. The predicted molar refractivity (Wildman–Crippen MR) is 54.4 cm³/mol. The molecule has 0 spiro atoms. The van der Waals surface area contributed by atoms with Crippen LogP contribution in [0.1, 0.15) is 17.9 Å². The van der Waals surface area contributed by atoms with Gasteiger partial charge in [0.15, 0.2) is 0 Å². The van der Waals surface area contributed by atoms with Gasteiger partial charge in [-0.15, -0.1) is 0 Å². The van der Waals surface area contributed by atoms with Gasteiger partial charge in [-0.25, -0.2) is 8.78 Å². The third-order valence-corrected chi connectivity index (χ3v) is 3.21. The molecule has 1 amide bonds. The Labute approximate surface area is 93.8 Å². The molecule has 0 bridgehead atoms. The molecule has 0 aliphatic carbocycles. The first-order valence-electron chi connectivity index (χ1n) is 4.49. The van der Waals surface area contributed by atoms with E-state index in [9.17, 15) is 13.6 Å². The van der Waals surface area contributed by atoms with Gasteiger partial charge in [0.1, 0.15) is 11.6 Å².